The van der Waals surface area contributed by atoms with E-state index in [1.54, 1.807) is 23.6 Å². The lowest BCUT2D eigenvalue weighted by molar-refractivity contribution is 0.0991. The first-order valence-corrected chi connectivity index (χ1v) is 12.3. The molecule has 0 unspecified atom stereocenters. The highest BCUT2D eigenvalue weighted by Crippen LogP contribution is 2.26. The quantitative estimate of drug-likeness (QED) is 0.391. The van der Waals surface area contributed by atoms with Gasteiger partial charge in [-0.05, 0) is 76.3 Å². The van der Waals surface area contributed by atoms with Crippen molar-refractivity contribution >= 4 is 33.8 Å². The molecule has 0 saturated carbocycles. The van der Waals surface area contributed by atoms with Crippen LogP contribution in [0.25, 0.3) is 21.5 Å². The van der Waals surface area contributed by atoms with Gasteiger partial charge in [0.15, 0.2) is 5.78 Å². The fourth-order valence-corrected chi connectivity index (χ4v) is 5.03. The molecule has 3 aromatic heterocycles. The molecule has 1 aliphatic rings. The van der Waals surface area contributed by atoms with Gasteiger partial charge < -0.3 is 9.80 Å². The summed E-state index contributed by atoms with van der Waals surface area (Å²) in [5.74, 6) is 0.840. The van der Waals surface area contributed by atoms with Gasteiger partial charge in [-0.1, -0.05) is 11.3 Å². The second kappa shape index (κ2) is 9.52. The number of anilines is 1. The van der Waals surface area contributed by atoms with Crippen LogP contribution in [0.3, 0.4) is 0 Å². The molecule has 0 atom stereocenters. The molecule has 9 heteroatoms. The topological polar surface area (TPSA) is 88.0 Å². The maximum absolute atomic E-state index is 13.1. The van der Waals surface area contributed by atoms with Crippen molar-refractivity contribution in [3.63, 3.8) is 0 Å². The molecule has 34 heavy (non-hydrogen) atoms. The minimum absolute atomic E-state index is 0.00461. The lowest BCUT2D eigenvalue weighted by Crippen LogP contribution is -2.42. The van der Waals surface area contributed by atoms with Gasteiger partial charge in [-0.3, -0.25) is 4.79 Å². The van der Waals surface area contributed by atoms with Crippen molar-refractivity contribution in [3.8, 4) is 10.6 Å². The van der Waals surface area contributed by atoms with Crippen molar-refractivity contribution in [2.75, 3.05) is 32.1 Å². The van der Waals surface area contributed by atoms with Crippen molar-refractivity contribution in [3.05, 3.63) is 58.9 Å². The molecule has 0 aliphatic carbocycles. The summed E-state index contributed by atoms with van der Waals surface area (Å²) in [4.78, 5) is 22.2. The van der Waals surface area contributed by atoms with Crippen molar-refractivity contribution in [1.82, 2.24) is 30.3 Å². The molecule has 4 heterocycles. The molecule has 1 aromatic carbocycles. The van der Waals surface area contributed by atoms with E-state index in [2.05, 4.69) is 49.3 Å². The van der Waals surface area contributed by atoms with Gasteiger partial charge in [-0.15, -0.1) is 10.2 Å². The van der Waals surface area contributed by atoms with E-state index < -0.39 is 0 Å². The van der Waals surface area contributed by atoms with E-state index in [1.165, 1.54) is 0 Å². The second-order valence-corrected chi connectivity index (χ2v) is 10.1. The Morgan fingerprint density at radius 2 is 1.91 bits per heavy atom. The molecule has 4 aromatic rings. The van der Waals surface area contributed by atoms with Crippen molar-refractivity contribution < 1.29 is 4.79 Å². The zero-order chi connectivity index (χ0) is 23.7. The molecule has 0 N–H and O–H groups in total. The summed E-state index contributed by atoms with van der Waals surface area (Å²) in [5.41, 5.74) is 3.06. The number of hydrogen-bond donors (Lipinski definition) is 0. The Hall–Kier alpha value is -3.30. The molecule has 1 aliphatic heterocycles. The smallest absolute Gasteiger partial charge is 0.169 e. The highest BCUT2D eigenvalue weighted by molar-refractivity contribution is 7.14. The fourth-order valence-electron chi connectivity index (χ4n) is 4.34. The Morgan fingerprint density at radius 1 is 1.09 bits per heavy atom. The van der Waals surface area contributed by atoms with Gasteiger partial charge in [-0.25, -0.2) is 4.98 Å². The normalized spacial score (nSPS) is 15.0. The van der Waals surface area contributed by atoms with Crippen LogP contribution in [-0.4, -0.2) is 69.3 Å². The lowest BCUT2D eigenvalue weighted by atomic mass is 10.0. The first-order valence-electron chi connectivity index (χ1n) is 11.4. The molecule has 1 fully saturated rings. The van der Waals surface area contributed by atoms with Gasteiger partial charge in [0, 0.05) is 35.8 Å². The summed E-state index contributed by atoms with van der Waals surface area (Å²) in [6.07, 6.45) is 4.10. The number of benzene rings is 1. The predicted octanol–water partition coefficient (Wildman–Crippen LogP) is 3.81. The van der Waals surface area contributed by atoms with Crippen molar-refractivity contribution in [2.24, 2.45) is 0 Å². The summed E-state index contributed by atoms with van der Waals surface area (Å²) < 4.78 is 0. The highest BCUT2D eigenvalue weighted by Gasteiger charge is 2.22. The monoisotopic (exact) mass is 473 g/mol. The number of carbonyl (C=O) groups excluding carboxylic acids is 1. The van der Waals surface area contributed by atoms with Gasteiger partial charge >= 0.3 is 0 Å². The number of fused-ring (bicyclic) bond motifs is 1. The summed E-state index contributed by atoms with van der Waals surface area (Å²) >= 11 is 1.55. The van der Waals surface area contributed by atoms with E-state index in [4.69, 9.17) is 0 Å². The maximum atomic E-state index is 13.1. The number of rotatable bonds is 6. The van der Waals surface area contributed by atoms with Crippen LogP contribution in [0.4, 0.5) is 5.82 Å². The predicted molar refractivity (Wildman–Crippen MR) is 134 cm³/mol. The van der Waals surface area contributed by atoms with E-state index in [9.17, 15) is 4.79 Å². The number of hydrogen-bond acceptors (Lipinski definition) is 9. The van der Waals surface area contributed by atoms with Crippen molar-refractivity contribution in [2.45, 2.75) is 32.2 Å². The number of piperidine rings is 1. The summed E-state index contributed by atoms with van der Waals surface area (Å²) in [6, 6.07) is 12.0. The molecular weight excluding hydrogens is 446 g/mol. The number of carbonyl (C=O) groups is 1. The van der Waals surface area contributed by atoms with E-state index >= 15 is 0 Å². The Bertz CT molecular complexity index is 1330. The molecule has 0 radical (unpaired) electrons. The summed E-state index contributed by atoms with van der Waals surface area (Å²) in [7, 11) is 4.22. The number of likely N-dealkylation sites (tertiary alicyclic amines) is 1. The first kappa shape index (κ1) is 22.5. The third-order valence-electron chi connectivity index (χ3n) is 6.42. The first-order chi connectivity index (χ1) is 16.5. The van der Waals surface area contributed by atoms with Crippen molar-refractivity contribution in [1.29, 1.82) is 0 Å². The number of Topliss-reactive ketones (excluding diaryl/α,β-unsaturated/α-hetero) is 1. The number of aryl methyl sites for hydroxylation is 1. The highest BCUT2D eigenvalue weighted by atomic mass is 32.1. The Kier molecular flexibility index (Phi) is 6.30. The molecule has 0 amide bonds. The minimum Gasteiger partial charge on any atom is -0.357 e. The molecule has 1 saturated heterocycles. The standard InChI is InChI=1S/C25H27N7OS/c1-16-27-30-25(34-16)18-4-5-22-19(12-18)13-20(28-29-22)15-23(33)17-6-9-26-24(14-17)32(3)21-7-10-31(2)11-8-21/h4-6,9,12-14,21H,7-8,10-11,15H2,1-3H3. The van der Waals surface area contributed by atoms with E-state index in [1.807, 2.05) is 37.3 Å². The third-order valence-corrected chi connectivity index (χ3v) is 7.30. The molecule has 0 bridgehead atoms. The van der Waals surface area contributed by atoms with Crippen LogP contribution < -0.4 is 4.90 Å². The lowest BCUT2D eigenvalue weighted by Gasteiger charge is -2.35. The summed E-state index contributed by atoms with van der Waals surface area (Å²) in [5, 5.41) is 19.7. The zero-order valence-corrected chi connectivity index (χ0v) is 20.4. The van der Waals surface area contributed by atoms with Crippen LogP contribution in [0.1, 0.15) is 33.9 Å². The summed E-state index contributed by atoms with van der Waals surface area (Å²) in [6.45, 7) is 4.09. The molecular formula is C25H27N7OS. The number of aromatic nitrogens is 5. The molecule has 8 nitrogen and oxygen atoms in total. The van der Waals surface area contributed by atoms with Gasteiger partial charge in [0.05, 0.1) is 17.6 Å². The molecule has 5 rings (SSSR count). The van der Waals surface area contributed by atoms with Crippen LogP contribution in [0.15, 0.2) is 42.6 Å². The fraction of sp³-hybridized carbons (Fsp3) is 0.360. The van der Waals surface area contributed by atoms with Gasteiger partial charge in [0.1, 0.15) is 15.8 Å². The van der Waals surface area contributed by atoms with Crippen LogP contribution >= 0.6 is 11.3 Å². The van der Waals surface area contributed by atoms with Crippen LogP contribution in [0, 0.1) is 6.92 Å². The Balaban J connectivity index is 1.33. The average molecular weight is 474 g/mol. The van der Waals surface area contributed by atoms with E-state index in [0.717, 1.165) is 58.2 Å². The number of nitrogens with zero attached hydrogens (tertiary/aromatic N) is 7. The Labute approximate surface area is 202 Å². The van der Waals surface area contributed by atoms with Crippen LogP contribution in [0.5, 0.6) is 0 Å². The van der Waals surface area contributed by atoms with Crippen LogP contribution in [0.2, 0.25) is 0 Å². The Morgan fingerprint density at radius 3 is 2.68 bits per heavy atom. The van der Waals surface area contributed by atoms with E-state index in [-0.39, 0.29) is 12.2 Å². The average Bonchev–Trinajstić information content (AvgIpc) is 3.30. The minimum atomic E-state index is 0.00461. The third kappa shape index (κ3) is 4.80. The van der Waals surface area contributed by atoms with Gasteiger partial charge in [0.25, 0.3) is 0 Å². The van der Waals surface area contributed by atoms with E-state index in [0.29, 0.717) is 17.3 Å². The number of ketones is 1. The maximum Gasteiger partial charge on any atom is 0.169 e. The largest absolute Gasteiger partial charge is 0.357 e. The second-order valence-electron chi connectivity index (χ2n) is 8.88. The van der Waals surface area contributed by atoms with Crippen LogP contribution in [-0.2, 0) is 6.42 Å². The number of pyridine rings is 1. The molecule has 0 spiro atoms. The zero-order valence-electron chi connectivity index (χ0n) is 19.6. The molecule has 174 valence electrons. The van der Waals surface area contributed by atoms with Gasteiger partial charge in [0.2, 0.25) is 0 Å². The van der Waals surface area contributed by atoms with Gasteiger partial charge in [-0.2, -0.15) is 10.2 Å². The SMILES string of the molecule is Cc1nnc(-c2ccc3nnc(CC(=O)c4ccnc(N(C)C5CCN(C)CC5)c4)cc3c2)s1.